The van der Waals surface area contributed by atoms with Crippen molar-refractivity contribution in [3.8, 4) is 0 Å². The van der Waals surface area contributed by atoms with Crippen molar-refractivity contribution in [3.05, 3.63) is 59.2 Å². The first-order chi connectivity index (χ1) is 14.0. The van der Waals surface area contributed by atoms with E-state index in [1.54, 1.807) is 19.2 Å². The average molecular weight is 398 g/mol. The van der Waals surface area contributed by atoms with Crippen LogP contribution in [0.5, 0.6) is 0 Å². The Kier molecular flexibility index (Phi) is 8.68. The minimum absolute atomic E-state index is 0.199. The van der Waals surface area contributed by atoms with E-state index in [-0.39, 0.29) is 11.8 Å². The van der Waals surface area contributed by atoms with Crippen LogP contribution in [-0.4, -0.2) is 46.2 Å². The summed E-state index contributed by atoms with van der Waals surface area (Å²) in [7, 11) is 5.34. The van der Waals surface area contributed by atoms with Crippen molar-refractivity contribution >= 4 is 23.2 Å². The molecule has 0 fully saturated rings. The van der Waals surface area contributed by atoms with Gasteiger partial charge >= 0.3 is 0 Å². The van der Waals surface area contributed by atoms with Crippen molar-refractivity contribution in [1.82, 2.24) is 5.32 Å². The van der Waals surface area contributed by atoms with Gasteiger partial charge in [0.25, 0.3) is 11.8 Å². The number of carbonyl (C=O) groups excluding carboxylic acids is 2. The third-order valence-corrected chi connectivity index (χ3v) is 4.61. The van der Waals surface area contributed by atoms with E-state index < -0.39 is 0 Å². The van der Waals surface area contributed by atoms with Crippen molar-refractivity contribution in [2.24, 2.45) is 0 Å². The Labute approximate surface area is 173 Å². The van der Waals surface area contributed by atoms with Crippen molar-refractivity contribution < 1.29 is 14.3 Å². The summed E-state index contributed by atoms with van der Waals surface area (Å²) in [6, 6.07) is 13.0. The third-order valence-electron chi connectivity index (χ3n) is 4.61. The molecule has 0 aromatic heterocycles. The lowest BCUT2D eigenvalue weighted by Gasteiger charge is -2.18. The summed E-state index contributed by atoms with van der Waals surface area (Å²) in [4.78, 5) is 27.0. The molecule has 0 saturated heterocycles. The molecule has 0 unspecified atom stereocenters. The second-order valence-corrected chi connectivity index (χ2v) is 7.13. The van der Waals surface area contributed by atoms with E-state index >= 15 is 0 Å². The highest BCUT2D eigenvalue weighted by atomic mass is 16.5. The first kappa shape index (κ1) is 22.4. The maximum Gasteiger partial charge on any atom is 0.255 e. The van der Waals surface area contributed by atoms with Crippen LogP contribution in [0.4, 0.5) is 11.4 Å². The molecule has 6 nitrogen and oxygen atoms in total. The number of anilines is 2. The van der Waals surface area contributed by atoms with Gasteiger partial charge in [-0.1, -0.05) is 25.5 Å². The Bertz CT molecular complexity index is 817. The van der Waals surface area contributed by atoms with Crippen molar-refractivity contribution in [1.29, 1.82) is 0 Å². The lowest BCUT2D eigenvalue weighted by Crippen LogP contribution is -2.28. The molecule has 2 aromatic carbocycles. The topological polar surface area (TPSA) is 70.7 Å². The molecule has 2 N–H and O–H groups in total. The molecule has 0 aliphatic carbocycles. The summed E-state index contributed by atoms with van der Waals surface area (Å²) in [6.45, 7) is 3.02. The quantitative estimate of drug-likeness (QED) is 0.600. The summed E-state index contributed by atoms with van der Waals surface area (Å²) >= 11 is 0. The van der Waals surface area contributed by atoms with Crippen LogP contribution in [0.25, 0.3) is 0 Å². The number of nitrogens with one attached hydrogen (secondary N) is 2. The molecule has 0 bridgehead atoms. The van der Waals surface area contributed by atoms with Crippen LogP contribution < -0.4 is 15.5 Å². The van der Waals surface area contributed by atoms with Gasteiger partial charge in [-0.05, 0) is 48.7 Å². The molecule has 0 radical (unpaired) electrons. The van der Waals surface area contributed by atoms with E-state index in [0.29, 0.717) is 30.0 Å². The molecule has 2 amide bonds. The average Bonchev–Trinajstić information content (AvgIpc) is 2.72. The van der Waals surface area contributed by atoms with Crippen molar-refractivity contribution in [3.63, 3.8) is 0 Å². The van der Waals surface area contributed by atoms with E-state index in [1.165, 1.54) is 5.56 Å². The summed E-state index contributed by atoms with van der Waals surface area (Å²) in [5.74, 6) is -0.405. The highest BCUT2D eigenvalue weighted by molar-refractivity contribution is 6.06. The van der Waals surface area contributed by atoms with Crippen LogP contribution in [0.2, 0.25) is 0 Å². The predicted octanol–water partition coefficient (Wildman–Crippen LogP) is 3.72. The fraction of sp³-hybridized carbons (Fsp3) is 0.391. The smallest absolute Gasteiger partial charge is 0.255 e. The number of aryl methyl sites for hydroxylation is 1. The lowest BCUT2D eigenvalue weighted by atomic mass is 10.1. The van der Waals surface area contributed by atoms with Crippen LogP contribution in [0.3, 0.4) is 0 Å². The van der Waals surface area contributed by atoms with Gasteiger partial charge in [-0.2, -0.15) is 0 Å². The summed E-state index contributed by atoms with van der Waals surface area (Å²) < 4.78 is 4.98. The molecular weight excluding hydrogens is 366 g/mol. The molecule has 0 atom stereocenters. The number of ether oxygens (including phenoxy) is 1. The van der Waals surface area contributed by atoms with Gasteiger partial charge in [-0.25, -0.2) is 0 Å². The van der Waals surface area contributed by atoms with Gasteiger partial charge in [-0.3, -0.25) is 9.59 Å². The number of carbonyl (C=O) groups is 2. The molecule has 0 aliphatic rings. The summed E-state index contributed by atoms with van der Waals surface area (Å²) in [5.41, 5.74) is 3.67. The Hall–Kier alpha value is -2.86. The number of hydrogen-bond acceptors (Lipinski definition) is 4. The number of benzene rings is 2. The molecule has 0 aliphatic heterocycles. The predicted molar refractivity (Wildman–Crippen MR) is 118 cm³/mol. The maximum absolute atomic E-state index is 12.6. The monoisotopic (exact) mass is 397 g/mol. The Morgan fingerprint density at radius 2 is 1.76 bits per heavy atom. The van der Waals surface area contributed by atoms with Gasteiger partial charge in [-0.15, -0.1) is 0 Å². The van der Waals surface area contributed by atoms with Gasteiger partial charge in [0.15, 0.2) is 0 Å². The summed E-state index contributed by atoms with van der Waals surface area (Å²) in [6.07, 6.45) is 3.30. The lowest BCUT2D eigenvalue weighted by molar-refractivity contribution is 0.0936. The van der Waals surface area contributed by atoms with E-state index in [0.717, 1.165) is 24.9 Å². The minimum Gasteiger partial charge on any atom is -0.383 e. The van der Waals surface area contributed by atoms with Crippen LogP contribution in [0.15, 0.2) is 42.5 Å². The molecule has 6 heteroatoms. The van der Waals surface area contributed by atoms with E-state index in [9.17, 15) is 9.59 Å². The van der Waals surface area contributed by atoms with Gasteiger partial charge in [0.2, 0.25) is 0 Å². The normalized spacial score (nSPS) is 10.5. The first-order valence-electron chi connectivity index (χ1n) is 9.95. The van der Waals surface area contributed by atoms with Crippen LogP contribution in [-0.2, 0) is 11.2 Å². The maximum atomic E-state index is 12.6. The van der Waals surface area contributed by atoms with Crippen molar-refractivity contribution in [2.45, 2.75) is 26.2 Å². The molecular formula is C23H31N3O3. The van der Waals surface area contributed by atoms with Crippen LogP contribution >= 0.6 is 0 Å². The minimum atomic E-state index is -0.206. The van der Waals surface area contributed by atoms with Gasteiger partial charge < -0.3 is 20.3 Å². The van der Waals surface area contributed by atoms with Gasteiger partial charge in [0.05, 0.1) is 12.2 Å². The Balaban J connectivity index is 2.14. The number of nitrogens with zero attached hydrogens (tertiary/aromatic N) is 1. The fourth-order valence-corrected chi connectivity index (χ4v) is 2.95. The zero-order chi connectivity index (χ0) is 21.2. The third kappa shape index (κ3) is 6.61. The standard InChI is InChI=1S/C23H31N3O3/c1-5-6-7-17-8-10-18(11-9-17)22(27)25-19-12-13-21(26(2)3)20(16-19)23(28)24-14-15-29-4/h8-13,16H,5-7,14-15H2,1-4H3,(H,24,28)(H,25,27). The number of methoxy groups -OCH3 is 1. The fourth-order valence-electron chi connectivity index (χ4n) is 2.95. The molecule has 156 valence electrons. The zero-order valence-electron chi connectivity index (χ0n) is 17.7. The van der Waals surface area contributed by atoms with Crippen LogP contribution in [0.1, 0.15) is 46.0 Å². The van der Waals surface area contributed by atoms with E-state index in [1.807, 2.05) is 49.3 Å². The van der Waals surface area contributed by atoms with Crippen LogP contribution in [0, 0.1) is 0 Å². The molecule has 0 heterocycles. The Morgan fingerprint density at radius 3 is 2.38 bits per heavy atom. The van der Waals surface area contributed by atoms with E-state index in [4.69, 9.17) is 4.74 Å². The first-order valence-corrected chi connectivity index (χ1v) is 9.95. The Morgan fingerprint density at radius 1 is 1.03 bits per heavy atom. The number of rotatable bonds is 10. The second-order valence-electron chi connectivity index (χ2n) is 7.13. The summed E-state index contributed by atoms with van der Waals surface area (Å²) in [5, 5.41) is 5.71. The molecule has 0 spiro atoms. The molecule has 2 aromatic rings. The van der Waals surface area contributed by atoms with E-state index in [2.05, 4.69) is 17.6 Å². The molecule has 2 rings (SSSR count). The van der Waals surface area contributed by atoms with Crippen molar-refractivity contribution in [2.75, 3.05) is 44.6 Å². The SMILES string of the molecule is CCCCc1ccc(C(=O)Nc2ccc(N(C)C)c(C(=O)NCCOC)c2)cc1. The molecule has 0 saturated carbocycles. The number of unbranched alkanes of at least 4 members (excludes halogenated alkanes) is 1. The second kappa shape index (κ2) is 11.2. The van der Waals surface area contributed by atoms with Gasteiger partial charge in [0.1, 0.15) is 0 Å². The largest absolute Gasteiger partial charge is 0.383 e. The molecule has 29 heavy (non-hydrogen) atoms. The highest BCUT2D eigenvalue weighted by Gasteiger charge is 2.15. The number of hydrogen-bond donors (Lipinski definition) is 2. The number of amides is 2. The highest BCUT2D eigenvalue weighted by Crippen LogP contribution is 2.23. The van der Waals surface area contributed by atoms with Gasteiger partial charge in [0, 0.05) is 44.7 Å². The zero-order valence-corrected chi connectivity index (χ0v) is 17.7.